The fourth-order valence-corrected chi connectivity index (χ4v) is 2.61. The van der Waals surface area contributed by atoms with Crippen LogP contribution in [0.3, 0.4) is 0 Å². The number of nitrogens with two attached hydrogens (primary N) is 1. The van der Waals surface area contributed by atoms with Crippen molar-refractivity contribution >= 4 is 34.0 Å². The Hall–Kier alpha value is -1.07. The number of nitrogen functional groups attached to an aromatic ring is 1. The molecule has 0 aliphatic carbocycles. The van der Waals surface area contributed by atoms with E-state index in [0.717, 1.165) is 5.56 Å². The molecule has 2 N–H and O–H groups in total. The summed E-state index contributed by atoms with van der Waals surface area (Å²) in [7, 11) is 2.02. The van der Waals surface area contributed by atoms with E-state index >= 15 is 0 Å². The number of benzene rings is 1. The molecule has 1 rings (SSSR count). The molecule has 0 heterocycles. The fourth-order valence-electron chi connectivity index (χ4n) is 1.19. The Morgan fingerprint density at radius 3 is 2.65 bits per heavy atom. The molecule has 0 saturated heterocycles. The van der Waals surface area contributed by atoms with Crippen LogP contribution in [0.15, 0.2) is 18.2 Å². The number of halogens is 1. The van der Waals surface area contributed by atoms with Gasteiger partial charge in [0.25, 0.3) is 0 Å². The van der Waals surface area contributed by atoms with Crippen molar-refractivity contribution in [2.24, 2.45) is 0 Å². The quantitative estimate of drug-likeness (QED) is 0.841. The summed E-state index contributed by atoms with van der Waals surface area (Å²) in [5.74, 6) is 0.119. The maximum absolute atomic E-state index is 11.7. The number of amides is 1. The highest BCUT2D eigenvalue weighted by Crippen LogP contribution is 2.19. The van der Waals surface area contributed by atoms with Crippen molar-refractivity contribution in [1.29, 1.82) is 0 Å². The van der Waals surface area contributed by atoms with Gasteiger partial charge in [-0.3, -0.25) is 9.00 Å². The molecule has 17 heavy (non-hydrogen) atoms. The topological polar surface area (TPSA) is 63.4 Å². The standard InChI is InChI=1S/C11H15ClN2O2S/c1-14(2)11(15)7-17(16)6-8-3-4-9(12)5-10(8)13/h3-5H,6-7,13H2,1-2H3. The van der Waals surface area contributed by atoms with Crippen LogP contribution in [0.1, 0.15) is 5.56 Å². The maximum atomic E-state index is 11.7. The first-order valence-corrected chi connectivity index (χ1v) is 6.85. The minimum atomic E-state index is -1.25. The molecule has 0 aliphatic heterocycles. The first-order valence-electron chi connectivity index (χ1n) is 4.99. The lowest BCUT2D eigenvalue weighted by molar-refractivity contribution is -0.125. The summed E-state index contributed by atoms with van der Waals surface area (Å²) in [6, 6.07) is 5.04. The molecule has 1 unspecified atom stereocenters. The van der Waals surface area contributed by atoms with Gasteiger partial charge in [0.05, 0.1) is 5.75 Å². The Labute approximate surface area is 108 Å². The molecule has 6 heteroatoms. The van der Waals surface area contributed by atoms with E-state index < -0.39 is 10.8 Å². The number of nitrogens with zero attached hydrogens (tertiary/aromatic N) is 1. The molecule has 94 valence electrons. The van der Waals surface area contributed by atoms with Crippen molar-refractivity contribution < 1.29 is 9.00 Å². The Morgan fingerprint density at radius 1 is 1.47 bits per heavy atom. The minimum absolute atomic E-state index is 0.00899. The van der Waals surface area contributed by atoms with Crippen molar-refractivity contribution in [2.75, 3.05) is 25.6 Å². The monoisotopic (exact) mass is 274 g/mol. The van der Waals surface area contributed by atoms with Crippen molar-refractivity contribution in [1.82, 2.24) is 4.90 Å². The fraction of sp³-hybridized carbons (Fsp3) is 0.364. The highest BCUT2D eigenvalue weighted by molar-refractivity contribution is 7.84. The van der Waals surface area contributed by atoms with E-state index in [-0.39, 0.29) is 17.4 Å². The molecule has 0 bridgehead atoms. The van der Waals surface area contributed by atoms with Gasteiger partial charge in [0.1, 0.15) is 5.75 Å². The summed E-state index contributed by atoms with van der Waals surface area (Å²) >= 11 is 5.76. The molecular weight excluding hydrogens is 260 g/mol. The third kappa shape index (κ3) is 4.36. The van der Waals surface area contributed by atoms with Crippen LogP contribution in [0, 0.1) is 0 Å². The Balaban J connectivity index is 2.65. The third-order valence-electron chi connectivity index (χ3n) is 2.21. The summed E-state index contributed by atoms with van der Waals surface area (Å²) in [5.41, 5.74) is 7.00. The lowest BCUT2D eigenvalue weighted by atomic mass is 10.2. The Bertz CT molecular complexity index is 449. The summed E-state index contributed by atoms with van der Waals surface area (Å²) < 4.78 is 11.7. The van der Waals surface area contributed by atoms with Gasteiger partial charge in [-0.15, -0.1) is 0 Å². The zero-order valence-electron chi connectivity index (χ0n) is 9.77. The summed E-state index contributed by atoms with van der Waals surface area (Å²) in [5, 5.41) is 0.543. The zero-order valence-corrected chi connectivity index (χ0v) is 11.3. The van der Waals surface area contributed by atoms with Crippen LogP contribution in [0.4, 0.5) is 5.69 Å². The van der Waals surface area contributed by atoms with Gasteiger partial charge in [-0.25, -0.2) is 0 Å². The normalized spacial score (nSPS) is 12.2. The predicted molar refractivity (Wildman–Crippen MR) is 71.3 cm³/mol. The van der Waals surface area contributed by atoms with Crippen LogP contribution < -0.4 is 5.73 Å². The van der Waals surface area contributed by atoms with Gasteiger partial charge in [0.2, 0.25) is 5.91 Å². The van der Waals surface area contributed by atoms with Crippen LogP contribution >= 0.6 is 11.6 Å². The molecule has 0 spiro atoms. The molecule has 1 aromatic carbocycles. The maximum Gasteiger partial charge on any atom is 0.234 e. The van der Waals surface area contributed by atoms with E-state index in [4.69, 9.17) is 17.3 Å². The molecule has 1 atom stereocenters. The van der Waals surface area contributed by atoms with Crippen molar-refractivity contribution in [3.63, 3.8) is 0 Å². The first-order chi connectivity index (χ1) is 7.90. The largest absolute Gasteiger partial charge is 0.398 e. The molecule has 0 saturated carbocycles. The van der Waals surface area contributed by atoms with Crippen LogP contribution in [0.5, 0.6) is 0 Å². The number of anilines is 1. The van der Waals surface area contributed by atoms with Gasteiger partial charge in [-0.05, 0) is 17.7 Å². The van der Waals surface area contributed by atoms with Crippen LogP contribution in [0.25, 0.3) is 0 Å². The first kappa shape index (κ1) is 14.0. The summed E-state index contributed by atoms with van der Waals surface area (Å²) in [6.45, 7) is 0. The second kappa shape index (κ2) is 6.02. The smallest absolute Gasteiger partial charge is 0.234 e. The molecule has 0 radical (unpaired) electrons. The molecule has 4 nitrogen and oxygen atoms in total. The summed E-state index contributed by atoms with van der Waals surface area (Å²) in [6.07, 6.45) is 0. The number of carbonyl (C=O) groups excluding carboxylic acids is 1. The van der Waals surface area contributed by atoms with E-state index in [1.54, 1.807) is 32.3 Å². The molecular formula is C11H15ClN2O2S. The lowest BCUT2D eigenvalue weighted by Crippen LogP contribution is -2.27. The molecule has 0 aliphatic rings. The van der Waals surface area contributed by atoms with Crippen LogP contribution in [-0.4, -0.2) is 34.9 Å². The minimum Gasteiger partial charge on any atom is -0.398 e. The van der Waals surface area contributed by atoms with E-state index in [1.165, 1.54) is 4.90 Å². The van der Waals surface area contributed by atoms with Gasteiger partial charge >= 0.3 is 0 Å². The van der Waals surface area contributed by atoms with Gasteiger partial charge in [0, 0.05) is 35.6 Å². The molecule has 1 aromatic rings. The second-order valence-corrected chi connectivity index (χ2v) is 5.75. The number of carbonyl (C=O) groups is 1. The van der Waals surface area contributed by atoms with E-state index in [9.17, 15) is 9.00 Å². The number of hydrogen-bond acceptors (Lipinski definition) is 3. The van der Waals surface area contributed by atoms with Crippen LogP contribution in [-0.2, 0) is 21.3 Å². The van der Waals surface area contributed by atoms with Crippen molar-refractivity contribution in [3.8, 4) is 0 Å². The Kier molecular flexibility index (Phi) is 4.96. The average molecular weight is 275 g/mol. The highest BCUT2D eigenvalue weighted by Gasteiger charge is 2.11. The molecule has 0 fully saturated rings. The average Bonchev–Trinajstić information content (AvgIpc) is 2.22. The Morgan fingerprint density at radius 2 is 2.12 bits per heavy atom. The van der Waals surface area contributed by atoms with E-state index in [1.807, 2.05) is 0 Å². The van der Waals surface area contributed by atoms with E-state index in [0.29, 0.717) is 10.7 Å². The van der Waals surface area contributed by atoms with Gasteiger partial charge in [0.15, 0.2) is 0 Å². The second-order valence-electron chi connectivity index (χ2n) is 3.86. The van der Waals surface area contributed by atoms with Gasteiger partial charge in [-0.2, -0.15) is 0 Å². The SMILES string of the molecule is CN(C)C(=O)CS(=O)Cc1ccc(Cl)cc1N. The zero-order chi connectivity index (χ0) is 13.0. The predicted octanol–water partition coefficient (Wildman–Crippen LogP) is 1.26. The highest BCUT2D eigenvalue weighted by atomic mass is 35.5. The van der Waals surface area contributed by atoms with Gasteiger partial charge in [-0.1, -0.05) is 17.7 Å². The molecule has 1 amide bonds. The number of hydrogen-bond donors (Lipinski definition) is 1. The van der Waals surface area contributed by atoms with Crippen molar-refractivity contribution in [2.45, 2.75) is 5.75 Å². The van der Waals surface area contributed by atoms with Crippen molar-refractivity contribution in [3.05, 3.63) is 28.8 Å². The van der Waals surface area contributed by atoms with Gasteiger partial charge < -0.3 is 10.6 Å². The van der Waals surface area contributed by atoms with Crippen LogP contribution in [0.2, 0.25) is 5.02 Å². The molecule has 0 aromatic heterocycles. The lowest BCUT2D eigenvalue weighted by Gasteiger charge is -2.10. The van der Waals surface area contributed by atoms with E-state index in [2.05, 4.69) is 0 Å². The summed E-state index contributed by atoms with van der Waals surface area (Å²) in [4.78, 5) is 12.8. The number of rotatable bonds is 4. The third-order valence-corrected chi connectivity index (χ3v) is 3.64.